The molecule has 1 N–H and O–H groups in total. The summed E-state index contributed by atoms with van der Waals surface area (Å²) in [5.74, 6) is 0.0930. The maximum absolute atomic E-state index is 12.2. The van der Waals surface area contributed by atoms with Crippen LogP contribution in [0.25, 0.3) is 0 Å². The Labute approximate surface area is 145 Å². The minimum atomic E-state index is -0.203. The van der Waals surface area contributed by atoms with Crippen LogP contribution < -0.4 is 5.32 Å². The van der Waals surface area contributed by atoms with Crippen LogP contribution in [0.15, 0.2) is 0 Å². The van der Waals surface area contributed by atoms with Gasteiger partial charge in [0.25, 0.3) is 0 Å². The number of amides is 1. The minimum Gasteiger partial charge on any atom is -0.381 e. The lowest BCUT2D eigenvalue weighted by Gasteiger charge is -2.43. The van der Waals surface area contributed by atoms with E-state index in [1.165, 1.54) is 25.7 Å². The number of hydrogen-bond donors (Lipinski definition) is 1. The molecule has 1 atom stereocenters. The number of nitrogens with one attached hydrogen (secondary N) is 1. The zero-order valence-electron chi connectivity index (χ0n) is 13.8. The van der Waals surface area contributed by atoms with Crippen LogP contribution in [0.3, 0.4) is 0 Å². The Morgan fingerprint density at radius 3 is 2.57 bits per heavy atom. The Morgan fingerprint density at radius 1 is 1.22 bits per heavy atom. The second-order valence-corrected chi connectivity index (χ2v) is 7.14. The molecule has 0 radical (unpaired) electrons. The van der Waals surface area contributed by atoms with Crippen molar-refractivity contribution in [2.24, 2.45) is 5.41 Å². The molecular weight excluding hydrogens is 314 g/mol. The van der Waals surface area contributed by atoms with Crippen molar-refractivity contribution < 1.29 is 9.53 Å². The van der Waals surface area contributed by atoms with Gasteiger partial charge >= 0.3 is 0 Å². The zero-order valence-corrected chi connectivity index (χ0v) is 14.6. The topological polar surface area (TPSA) is 65.4 Å². The molecule has 1 amide bonds. The fraction of sp³-hybridized carbons (Fsp3) is 0.882. The molecule has 0 aromatic rings. The van der Waals surface area contributed by atoms with Crippen LogP contribution in [0.5, 0.6) is 0 Å². The number of likely N-dealkylation sites (tertiary alicyclic amines) is 1. The molecule has 2 aliphatic heterocycles. The van der Waals surface area contributed by atoms with Crippen molar-refractivity contribution in [2.45, 2.75) is 63.5 Å². The summed E-state index contributed by atoms with van der Waals surface area (Å²) in [4.78, 5) is 14.0. The summed E-state index contributed by atoms with van der Waals surface area (Å²) in [6, 6.07) is 2.49. The second-order valence-electron chi connectivity index (χ2n) is 7.14. The highest BCUT2D eigenvalue weighted by Gasteiger charge is 2.37. The quantitative estimate of drug-likeness (QED) is 0.855. The van der Waals surface area contributed by atoms with E-state index in [-0.39, 0.29) is 24.4 Å². The van der Waals surface area contributed by atoms with Gasteiger partial charge in [-0.3, -0.25) is 4.79 Å². The van der Waals surface area contributed by atoms with Crippen LogP contribution in [0, 0.1) is 16.7 Å². The van der Waals surface area contributed by atoms with E-state index < -0.39 is 0 Å². The van der Waals surface area contributed by atoms with Gasteiger partial charge in [0.2, 0.25) is 5.91 Å². The van der Waals surface area contributed by atoms with Crippen LogP contribution in [0.2, 0.25) is 0 Å². The van der Waals surface area contributed by atoms with Gasteiger partial charge in [-0.2, -0.15) is 5.26 Å². The average Bonchev–Trinajstić information content (AvgIpc) is 3.04. The van der Waals surface area contributed by atoms with Gasteiger partial charge in [0, 0.05) is 25.8 Å². The predicted octanol–water partition coefficient (Wildman–Crippen LogP) is 2.25. The van der Waals surface area contributed by atoms with Crippen molar-refractivity contribution in [1.29, 1.82) is 5.26 Å². The van der Waals surface area contributed by atoms with E-state index >= 15 is 0 Å². The number of halogens is 1. The average molecular weight is 342 g/mol. The first-order chi connectivity index (χ1) is 10.7. The van der Waals surface area contributed by atoms with Crippen molar-refractivity contribution in [2.75, 3.05) is 26.3 Å². The number of nitrogens with zero attached hydrogens (tertiary/aromatic N) is 2. The normalized spacial score (nSPS) is 27.4. The Bertz CT molecular complexity index is 436. The molecule has 3 rings (SSSR count). The first-order valence-corrected chi connectivity index (χ1v) is 8.73. The minimum absolute atomic E-state index is 0. The van der Waals surface area contributed by atoms with E-state index in [1.807, 2.05) is 0 Å². The lowest BCUT2D eigenvalue weighted by atomic mass is 9.68. The second kappa shape index (κ2) is 8.32. The highest BCUT2D eigenvalue weighted by Crippen LogP contribution is 2.44. The monoisotopic (exact) mass is 341 g/mol. The molecule has 0 aromatic heterocycles. The largest absolute Gasteiger partial charge is 0.381 e. The Balaban J connectivity index is 0.00000192. The summed E-state index contributed by atoms with van der Waals surface area (Å²) in [5, 5.41) is 12.5. The van der Waals surface area contributed by atoms with Crippen LogP contribution in [0.1, 0.15) is 51.4 Å². The zero-order chi connectivity index (χ0) is 15.4. The maximum Gasteiger partial charge on any atom is 0.237 e. The molecule has 0 aromatic carbocycles. The molecule has 5 nitrogen and oxygen atoms in total. The van der Waals surface area contributed by atoms with E-state index in [2.05, 4.69) is 11.4 Å². The number of carbonyl (C=O) groups is 1. The third-order valence-corrected chi connectivity index (χ3v) is 5.86. The lowest BCUT2D eigenvalue weighted by molar-refractivity contribution is -0.130. The fourth-order valence-corrected chi connectivity index (χ4v) is 4.27. The van der Waals surface area contributed by atoms with Crippen molar-refractivity contribution in [1.82, 2.24) is 10.2 Å². The number of rotatable bonds is 3. The molecule has 3 fully saturated rings. The molecule has 2 heterocycles. The summed E-state index contributed by atoms with van der Waals surface area (Å²) in [5.41, 5.74) is 0.515. The van der Waals surface area contributed by atoms with Crippen LogP contribution in [-0.4, -0.2) is 49.2 Å². The molecule has 0 bridgehead atoms. The summed E-state index contributed by atoms with van der Waals surface area (Å²) in [7, 11) is 0. The SMILES string of the molecule is Cl.N#C[C@@H]1CCCN1C(=O)CNC1CCC2(CCOCC2)CC1. The molecular formula is C17H28ClN3O2. The van der Waals surface area contributed by atoms with Crippen molar-refractivity contribution >= 4 is 18.3 Å². The van der Waals surface area contributed by atoms with Gasteiger partial charge in [-0.25, -0.2) is 0 Å². The molecule has 130 valence electrons. The Hall–Kier alpha value is -0.830. The molecule has 6 heteroatoms. The van der Waals surface area contributed by atoms with Gasteiger partial charge < -0.3 is 15.0 Å². The van der Waals surface area contributed by atoms with Gasteiger partial charge in [0.15, 0.2) is 0 Å². The highest BCUT2D eigenvalue weighted by molar-refractivity contribution is 5.85. The van der Waals surface area contributed by atoms with Gasteiger partial charge in [0.1, 0.15) is 6.04 Å². The lowest BCUT2D eigenvalue weighted by Crippen LogP contribution is -2.45. The molecule has 1 saturated carbocycles. The molecule has 0 unspecified atom stereocenters. The summed E-state index contributed by atoms with van der Waals surface area (Å²) in [6.45, 7) is 2.97. The van der Waals surface area contributed by atoms with Crippen molar-refractivity contribution in [3.63, 3.8) is 0 Å². The van der Waals surface area contributed by atoms with Gasteiger partial charge in [-0.15, -0.1) is 12.4 Å². The van der Waals surface area contributed by atoms with E-state index in [9.17, 15) is 4.79 Å². The fourth-order valence-electron chi connectivity index (χ4n) is 4.27. The van der Waals surface area contributed by atoms with Crippen LogP contribution >= 0.6 is 12.4 Å². The summed E-state index contributed by atoms with van der Waals surface area (Å²) < 4.78 is 5.49. The third-order valence-electron chi connectivity index (χ3n) is 5.86. The van der Waals surface area contributed by atoms with Crippen LogP contribution in [-0.2, 0) is 9.53 Å². The molecule has 23 heavy (non-hydrogen) atoms. The third kappa shape index (κ3) is 4.37. The summed E-state index contributed by atoms with van der Waals surface area (Å²) >= 11 is 0. The summed E-state index contributed by atoms with van der Waals surface area (Å²) in [6.07, 6.45) is 9.03. The molecule has 1 aliphatic carbocycles. The van der Waals surface area contributed by atoms with Gasteiger partial charge in [-0.1, -0.05) is 0 Å². The number of hydrogen-bond acceptors (Lipinski definition) is 4. The molecule has 3 aliphatic rings. The predicted molar refractivity (Wildman–Crippen MR) is 90.3 cm³/mol. The van der Waals surface area contributed by atoms with E-state index in [1.54, 1.807) is 4.90 Å². The number of nitriles is 1. The smallest absolute Gasteiger partial charge is 0.237 e. The van der Waals surface area contributed by atoms with E-state index in [4.69, 9.17) is 10.00 Å². The van der Waals surface area contributed by atoms with Crippen LogP contribution in [0.4, 0.5) is 0 Å². The van der Waals surface area contributed by atoms with E-state index in [0.717, 1.165) is 45.4 Å². The first kappa shape index (κ1) is 18.5. The highest BCUT2D eigenvalue weighted by atomic mass is 35.5. The first-order valence-electron chi connectivity index (χ1n) is 8.73. The van der Waals surface area contributed by atoms with E-state index in [0.29, 0.717) is 18.0 Å². The Morgan fingerprint density at radius 2 is 1.91 bits per heavy atom. The molecule has 1 spiro atoms. The number of ether oxygens (including phenoxy) is 1. The van der Waals surface area contributed by atoms with Crippen molar-refractivity contribution in [3.05, 3.63) is 0 Å². The van der Waals surface area contributed by atoms with Gasteiger partial charge in [-0.05, 0) is 56.8 Å². The van der Waals surface area contributed by atoms with Gasteiger partial charge in [0.05, 0.1) is 12.6 Å². The maximum atomic E-state index is 12.2. The number of carbonyl (C=O) groups excluding carboxylic acids is 1. The molecule has 2 saturated heterocycles. The Kier molecular flexibility index (Phi) is 6.70. The van der Waals surface area contributed by atoms with Crippen molar-refractivity contribution in [3.8, 4) is 6.07 Å². The standard InChI is InChI=1S/C17H27N3O2.ClH/c18-12-15-2-1-9-20(15)16(21)13-19-14-3-5-17(6-4-14)7-10-22-11-8-17;/h14-15,19H,1-11,13H2;1H/t15-;/m0./s1.